The van der Waals surface area contributed by atoms with Crippen LogP contribution in [0.5, 0.6) is 0 Å². The molecule has 11 heavy (non-hydrogen) atoms. The van der Waals surface area contributed by atoms with Gasteiger partial charge in [0.1, 0.15) is 6.04 Å². The van der Waals surface area contributed by atoms with Crippen molar-refractivity contribution < 1.29 is 14.3 Å². The molecule has 0 saturated carbocycles. The maximum Gasteiger partial charge on any atom is 0.418 e. The lowest BCUT2D eigenvalue weighted by atomic mass is 10.2. The Kier molecular flexibility index (Phi) is 1.32. The van der Waals surface area contributed by atoms with E-state index in [-0.39, 0.29) is 6.04 Å². The van der Waals surface area contributed by atoms with Crippen molar-refractivity contribution in [1.29, 1.82) is 0 Å². The predicted molar refractivity (Wildman–Crippen MR) is 34.9 cm³/mol. The molecular formula is C6H8N2O3. The first-order valence-electron chi connectivity index (χ1n) is 3.52. The zero-order chi connectivity index (χ0) is 7.84. The monoisotopic (exact) mass is 156 g/mol. The van der Waals surface area contributed by atoms with E-state index in [1.807, 2.05) is 0 Å². The average molecular weight is 156 g/mol. The molecule has 0 aromatic heterocycles. The Morgan fingerprint density at radius 2 is 2.36 bits per heavy atom. The Morgan fingerprint density at radius 1 is 1.55 bits per heavy atom. The molecule has 2 aliphatic heterocycles. The molecule has 2 saturated heterocycles. The molecule has 2 aliphatic rings. The minimum atomic E-state index is -0.499. The molecule has 0 unspecified atom stereocenters. The molecule has 0 spiro atoms. The number of nitrogens with one attached hydrogen (secondary N) is 1. The highest BCUT2D eigenvalue weighted by atomic mass is 16.6. The Hall–Kier alpha value is -1.10. The second-order valence-corrected chi connectivity index (χ2v) is 2.60. The van der Waals surface area contributed by atoms with Gasteiger partial charge in [-0.2, -0.15) is 0 Å². The number of rotatable bonds is 0. The van der Waals surface area contributed by atoms with E-state index in [9.17, 15) is 9.59 Å². The van der Waals surface area contributed by atoms with Crippen molar-refractivity contribution in [1.82, 2.24) is 10.2 Å². The van der Waals surface area contributed by atoms with Crippen LogP contribution in [0.4, 0.5) is 4.79 Å². The fraction of sp³-hybridized carbons (Fsp3) is 0.667. The highest BCUT2D eigenvalue weighted by Crippen LogP contribution is 2.14. The molecule has 2 heterocycles. The van der Waals surface area contributed by atoms with Gasteiger partial charge in [0.25, 0.3) is 0 Å². The minimum Gasteiger partial charge on any atom is -0.375 e. The lowest BCUT2D eigenvalue weighted by molar-refractivity contribution is -0.135. The number of hydrogen-bond donors (Lipinski definition) is 1. The van der Waals surface area contributed by atoms with Crippen molar-refractivity contribution in [3.63, 3.8) is 0 Å². The largest absolute Gasteiger partial charge is 0.418 e. The van der Waals surface area contributed by atoms with Crippen LogP contribution < -0.4 is 5.32 Å². The highest BCUT2D eigenvalue weighted by Gasteiger charge is 2.42. The summed E-state index contributed by atoms with van der Waals surface area (Å²) < 4.78 is 4.42. The van der Waals surface area contributed by atoms with Gasteiger partial charge in [-0.1, -0.05) is 0 Å². The van der Waals surface area contributed by atoms with Crippen LogP contribution >= 0.6 is 0 Å². The number of carbonyl (C=O) groups is 2. The number of carbonyl (C=O) groups excluding carboxylic acids is 2. The summed E-state index contributed by atoms with van der Waals surface area (Å²) in [4.78, 5) is 23.2. The van der Waals surface area contributed by atoms with E-state index in [4.69, 9.17) is 0 Å². The Morgan fingerprint density at radius 3 is 3.09 bits per heavy atom. The number of cyclic esters (lactones) is 2. The second-order valence-electron chi connectivity index (χ2n) is 2.60. The Balaban J connectivity index is 2.19. The van der Waals surface area contributed by atoms with Gasteiger partial charge in [-0.15, -0.1) is 0 Å². The van der Waals surface area contributed by atoms with Crippen LogP contribution in [0, 0.1) is 0 Å². The van der Waals surface area contributed by atoms with Gasteiger partial charge in [0, 0.05) is 19.6 Å². The molecule has 0 aromatic carbocycles. The molecule has 0 bridgehead atoms. The minimum absolute atomic E-state index is 0.378. The first-order chi connectivity index (χ1) is 5.29. The maximum atomic E-state index is 10.9. The van der Waals surface area contributed by atoms with E-state index in [1.54, 1.807) is 0 Å². The molecular weight excluding hydrogens is 148 g/mol. The zero-order valence-corrected chi connectivity index (χ0v) is 5.87. The summed E-state index contributed by atoms with van der Waals surface area (Å²) in [5.74, 6) is -0.429. The van der Waals surface area contributed by atoms with Gasteiger partial charge in [0.15, 0.2) is 0 Å². The maximum absolute atomic E-state index is 10.9. The summed E-state index contributed by atoms with van der Waals surface area (Å²) in [6, 6.07) is -0.378. The molecule has 1 amide bonds. The second kappa shape index (κ2) is 2.20. The smallest absolute Gasteiger partial charge is 0.375 e. The van der Waals surface area contributed by atoms with Crippen molar-refractivity contribution in [2.75, 3.05) is 19.6 Å². The van der Waals surface area contributed by atoms with Gasteiger partial charge < -0.3 is 10.1 Å². The number of fused-ring (bicyclic) bond motifs is 1. The van der Waals surface area contributed by atoms with Gasteiger partial charge in [-0.25, -0.2) is 9.59 Å². The lowest BCUT2D eigenvalue weighted by Crippen LogP contribution is -2.51. The zero-order valence-electron chi connectivity index (χ0n) is 5.87. The van der Waals surface area contributed by atoms with Crippen molar-refractivity contribution in [3.8, 4) is 0 Å². The van der Waals surface area contributed by atoms with E-state index in [0.29, 0.717) is 13.1 Å². The quantitative estimate of drug-likeness (QED) is 0.358. The number of ether oxygens (including phenoxy) is 1. The van der Waals surface area contributed by atoms with Gasteiger partial charge >= 0.3 is 12.1 Å². The molecule has 2 fully saturated rings. The number of nitrogens with zero attached hydrogens (tertiary/aromatic N) is 1. The molecule has 0 aliphatic carbocycles. The molecule has 0 radical (unpaired) electrons. The number of esters is 1. The molecule has 60 valence electrons. The van der Waals surface area contributed by atoms with Crippen molar-refractivity contribution in [2.24, 2.45) is 0 Å². The van der Waals surface area contributed by atoms with Crippen molar-refractivity contribution in [2.45, 2.75) is 6.04 Å². The van der Waals surface area contributed by atoms with Crippen molar-refractivity contribution in [3.05, 3.63) is 0 Å². The van der Waals surface area contributed by atoms with E-state index >= 15 is 0 Å². The number of piperazine rings is 1. The van der Waals surface area contributed by atoms with Crippen LogP contribution in [0.2, 0.25) is 0 Å². The number of amides is 1. The van der Waals surface area contributed by atoms with Gasteiger partial charge in [0.2, 0.25) is 0 Å². The predicted octanol–water partition coefficient (Wildman–Crippen LogP) is -1.06. The van der Waals surface area contributed by atoms with Gasteiger partial charge in [0.05, 0.1) is 0 Å². The van der Waals surface area contributed by atoms with Crippen LogP contribution in [0.25, 0.3) is 0 Å². The van der Waals surface area contributed by atoms with Crippen LogP contribution in [0.3, 0.4) is 0 Å². The Labute approximate surface area is 63.3 Å². The topological polar surface area (TPSA) is 58.6 Å². The summed E-state index contributed by atoms with van der Waals surface area (Å²) in [5, 5.41) is 3.01. The normalized spacial score (nSPS) is 30.2. The van der Waals surface area contributed by atoms with Crippen LogP contribution in [0.15, 0.2) is 0 Å². The third kappa shape index (κ3) is 0.883. The SMILES string of the molecule is O=C1OC(=O)N2CCNC[C@H]12. The average Bonchev–Trinajstić information content (AvgIpc) is 2.30. The third-order valence-electron chi connectivity index (χ3n) is 1.94. The summed E-state index contributed by atoms with van der Waals surface area (Å²) in [5.41, 5.74) is 0. The summed E-state index contributed by atoms with van der Waals surface area (Å²) in [7, 11) is 0. The first kappa shape index (κ1) is 6.60. The van der Waals surface area contributed by atoms with Crippen LogP contribution in [-0.2, 0) is 9.53 Å². The summed E-state index contributed by atoms with van der Waals surface area (Å²) in [6.45, 7) is 1.82. The first-order valence-corrected chi connectivity index (χ1v) is 3.52. The van der Waals surface area contributed by atoms with E-state index < -0.39 is 12.1 Å². The molecule has 0 aromatic rings. The molecule has 5 heteroatoms. The standard InChI is InChI=1S/C6H8N2O3/c9-5-4-3-7-1-2-8(4)6(10)11-5/h4,7H,1-3H2/t4-/m1/s1. The Bertz CT molecular complexity index is 194. The van der Waals surface area contributed by atoms with E-state index in [2.05, 4.69) is 10.1 Å². The van der Waals surface area contributed by atoms with Gasteiger partial charge in [-0.05, 0) is 0 Å². The van der Waals surface area contributed by atoms with Crippen LogP contribution in [0.1, 0.15) is 0 Å². The molecule has 1 atom stereocenters. The van der Waals surface area contributed by atoms with Crippen LogP contribution in [-0.4, -0.2) is 42.6 Å². The van der Waals surface area contributed by atoms with E-state index in [1.165, 1.54) is 4.90 Å². The fourth-order valence-corrected chi connectivity index (χ4v) is 1.35. The molecule has 5 nitrogen and oxygen atoms in total. The summed E-state index contributed by atoms with van der Waals surface area (Å²) in [6.07, 6.45) is -0.499. The number of hydrogen-bond acceptors (Lipinski definition) is 4. The molecule has 2 rings (SSSR count). The fourth-order valence-electron chi connectivity index (χ4n) is 1.35. The third-order valence-corrected chi connectivity index (χ3v) is 1.94. The molecule has 1 N–H and O–H groups in total. The highest BCUT2D eigenvalue weighted by molar-refractivity contribution is 5.95. The summed E-state index contributed by atoms with van der Waals surface area (Å²) >= 11 is 0. The van der Waals surface area contributed by atoms with Crippen molar-refractivity contribution >= 4 is 12.1 Å². The van der Waals surface area contributed by atoms with Gasteiger partial charge in [-0.3, -0.25) is 4.90 Å². The van der Waals surface area contributed by atoms with E-state index in [0.717, 1.165) is 6.54 Å². The lowest BCUT2D eigenvalue weighted by Gasteiger charge is -2.25.